The molecule has 2 aliphatic heterocycles. The zero-order valence-electron chi connectivity index (χ0n) is 14.4. The smallest absolute Gasteiger partial charge is 0.225 e. The quantitative estimate of drug-likeness (QED) is 0.837. The molecule has 2 heterocycles. The van der Waals surface area contributed by atoms with Gasteiger partial charge < -0.3 is 20.1 Å². The van der Waals surface area contributed by atoms with E-state index in [2.05, 4.69) is 41.8 Å². The van der Waals surface area contributed by atoms with Gasteiger partial charge in [0.05, 0.1) is 12.5 Å². The third kappa shape index (κ3) is 4.35. The van der Waals surface area contributed by atoms with E-state index in [-0.39, 0.29) is 23.4 Å². The minimum Gasteiger partial charge on any atom is -0.381 e. The zero-order chi connectivity index (χ0) is 16.8. The topological polar surface area (TPSA) is 59.6 Å². The Hall–Kier alpha value is -1.43. The Morgan fingerprint density at radius 3 is 2.62 bits per heavy atom. The van der Waals surface area contributed by atoms with Crippen molar-refractivity contribution in [3.05, 3.63) is 35.9 Å². The molecule has 2 N–H and O–H groups in total. The molecule has 0 aromatic heterocycles. The molecule has 2 saturated heterocycles. The molecule has 5 heteroatoms. The van der Waals surface area contributed by atoms with E-state index in [4.69, 9.17) is 9.47 Å². The van der Waals surface area contributed by atoms with Crippen LogP contribution < -0.4 is 10.6 Å². The molecular weight excluding hydrogens is 304 g/mol. The second kappa shape index (κ2) is 8.10. The van der Waals surface area contributed by atoms with Gasteiger partial charge >= 0.3 is 0 Å². The van der Waals surface area contributed by atoms with Crippen LogP contribution in [0.25, 0.3) is 0 Å². The summed E-state index contributed by atoms with van der Waals surface area (Å²) in [6.07, 6.45) is 2.65. The Morgan fingerprint density at radius 1 is 1.21 bits per heavy atom. The highest BCUT2D eigenvalue weighted by atomic mass is 16.5. The molecule has 132 valence electrons. The summed E-state index contributed by atoms with van der Waals surface area (Å²) >= 11 is 0. The third-order valence-electron chi connectivity index (χ3n) is 5.17. The highest BCUT2D eigenvalue weighted by Crippen LogP contribution is 2.25. The lowest BCUT2D eigenvalue weighted by molar-refractivity contribution is -0.125. The highest BCUT2D eigenvalue weighted by molar-refractivity contribution is 5.79. The van der Waals surface area contributed by atoms with Crippen molar-refractivity contribution in [3.8, 4) is 0 Å². The molecule has 0 unspecified atom stereocenters. The highest BCUT2D eigenvalue weighted by Gasteiger charge is 2.35. The van der Waals surface area contributed by atoms with Crippen molar-refractivity contribution in [2.45, 2.75) is 37.8 Å². The molecule has 0 spiro atoms. The van der Waals surface area contributed by atoms with Crippen LogP contribution in [0.2, 0.25) is 0 Å². The number of nitrogens with one attached hydrogen (secondary N) is 2. The minimum absolute atomic E-state index is 0.00781. The van der Waals surface area contributed by atoms with Crippen LogP contribution in [0, 0.1) is 5.92 Å². The van der Waals surface area contributed by atoms with Gasteiger partial charge in [-0.3, -0.25) is 4.79 Å². The van der Waals surface area contributed by atoms with Crippen LogP contribution in [-0.2, 0) is 14.3 Å². The average Bonchev–Trinajstić information content (AvgIpc) is 3.16. The first-order chi connectivity index (χ1) is 11.7. The number of amides is 1. The summed E-state index contributed by atoms with van der Waals surface area (Å²) in [4.78, 5) is 12.3. The van der Waals surface area contributed by atoms with Crippen LogP contribution in [0.3, 0.4) is 0 Å². The largest absolute Gasteiger partial charge is 0.381 e. The van der Waals surface area contributed by atoms with Gasteiger partial charge in [0.1, 0.15) is 0 Å². The normalized spacial score (nSPS) is 24.5. The SMILES string of the molecule is C[C@@H](NC1(CNC(=O)[C@H]2CCOC2)CCOCC1)c1ccccc1. The zero-order valence-corrected chi connectivity index (χ0v) is 14.4. The summed E-state index contributed by atoms with van der Waals surface area (Å²) in [5.41, 5.74) is 1.15. The Labute approximate surface area is 144 Å². The molecule has 2 atom stereocenters. The number of carbonyl (C=O) groups excluding carboxylic acids is 1. The third-order valence-corrected chi connectivity index (χ3v) is 5.17. The first-order valence-electron chi connectivity index (χ1n) is 8.94. The predicted molar refractivity (Wildman–Crippen MR) is 92.7 cm³/mol. The molecule has 24 heavy (non-hydrogen) atoms. The number of carbonyl (C=O) groups is 1. The van der Waals surface area contributed by atoms with E-state index in [9.17, 15) is 4.79 Å². The van der Waals surface area contributed by atoms with Gasteiger partial charge in [0.15, 0.2) is 0 Å². The lowest BCUT2D eigenvalue weighted by atomic mass is 9.88. The van der Waals surface area contributed by atoms with E-state index in [1.807, 2.05) is 6.07 Å². The summed E-state index contributed by atoms with van der Waals surface area (Å²) in [6.45, 7) is 5.53. The van der Waals surface area contributed by atoms with Crippen LogP contribution in [0.15, 0.2) is 30.3 Å². The van der Waals surface area contributed by atoms with Gasteiger partial charge in [-0.1, -0.05) is 30.3 Å². The van der Waals surface area contributed by atoms with Crippen LogP contribution >= 0.6 is 0 Å². The molecule has 2 aliphatic rings. The van der Waals surface area contributed by atoms with Crippen molar-refractivity contribution < 1.29 is 14.3 Å². The van der Waals surface area contributed by atoms with E-state index < -0.39 is 0 Å². The molecule has 0 bridgehead atoms. The molecular formula is C19H28N2O3. The van der Waals surface area contributed by atoms with Gasteiger partial charge in [-0.05, 0) is 31.7 Å². The maximum absolute atomic E-state index is 12.3. The first kappa shape index (κ1) is 17.4. The Bertz CT molecular complexity index is 523. The number of ether oxygens (including phenoxy) is 2. The van der Waals surface area contributed by atoms with Crippen molar-refractivity contribution in [2.24, 2.45) is 5.92 Å². The monoisotopic (exact) mass is 332 g/mol. The van der Waals surface area contributed by atoms with Crippen LogP contribution in [0.5, 0.6) is 0 Å². The van der Waals surface area contributed by atoms with Gasteiger partial charge in [-0.15, -0.1) is 0 Å². The summed E-state index contributed by atoms with van der Waals surface area (Å²) in [7, 11) is 0. The lowest BCUT2D eigenvalue weighted by Crippen LogP contribution is -2.57. The van der Waals surface area contributed by atoms with Crippen molar-refractivity contribution in [1.82, 2.24) is 10.6 Å². The van der Waals surface area contributed by atoms with E-state index in [1.165, 1.54) is 5.56 Å². The molecule has 1 aromatic carbocycles. The first-order valence-corrected chi connectivity index (χ1v) is 8.94. The second-order valence-corrected chi connectivity index (χ2v) is 6.95. The Balaban J connectivity index is 1.62. The molecule has 1 aromatic rings. The average molecular weight is 332 g/mol. The van der Waals surface area contributed by atoms with E-state index >= 15 is 0 Å². The summed E-state index contributed by atoms with van der Waals surface area (Å²) in [6, 6.07) is 10.7. The fourth-order valence-electron chi connectivity index (χ4n) is 3.56. The van der Waals surface area contributed by atoms with Crippen molar-refractivity contribution in [3.63, 3.8) is 0 Å². The molecule has 0 aliphatic carbocycles. The summed E-state index contributed by atoms with van der Waals surface area (Å²) in [5, 5.41) is 6.92. The minimum atomic E-state index is -0.109. The molecule has 0 saturated carbocycles. The van der Waals surface area contributed by atoms with Crippen LogP contribution in [-0.4, -0.2) is 44.4 Å². The van der Waals surface area contributed by atoms with Gasteiger partial charge in [0.25, 0.3) is 0 Å². The fraction of sp³-hybridized carbons (Fsp3) is 0.632. The molecule has 2 fully saturated rings. The summed E-state index contributed by atoms with van der Waals surface area (Å²) in [5.74, 6) is 0.126. The maximum atomic E-state index is 12.3. The van der Waals surface area contributed by atoms with Gasteiger partial charge in [0.2, 0.25) is 5.91 Å². The Kier molecular flexibility index (Phi) is 5.87. The molecule has 3 rings (SSSR count). The van der Waals surface area contributed by atoms with Crippen LogP contribution in [0.1, 0.15) is 37.8 Å². The summed E-state index contributed by atoms with van der Waals surface area (Å²) < 4.78 is 10.9. The number of benzene rings is 1. The van der Waals surface area contributed by atoms with E-state index in [0.29, 0.717) is 19.8 Å². The van der Waals surface area contributed by atoms with E-state index in [0.717, 1.165) is 32.5 Å². The number of hydrogen-bond donors (Lipinski definition) is 2. The lowest BCUT2D eigenvalue weighted by Gasteiger charge is -2.40. The maximum Gasteiger partial charge on any atom is 0.225 e. The second-order valence-electron chi connectivity index (χ2n) is 6.95. The van der Waals surface area contributed by atoms with Gasteiger partial charge in [-0.25, -0.2) is 0 Å². The fourth-order valence-corrected chi connectivity index (χ4v) is 3.56. The standard InChI is InChI=1S/C19H28N2O3/c1-15(16-5-3-2-4-6-16)21-19(8-11-23-12-9-19)14-20-18(22)17-7-10-24-13-17/h2-6,15,17,21H,7-14H2,1H3,(H,20,22)/t15-,17+/m1/s1. The molecule has 5 nitrogen and oxygen atoms in total. The van der Waals surface area contributed by atoms with Gasteiger partial charge in [0, 0.05) is 37.9 Å². The van der Waals surface area contributed by atoms with Crippen molar-refractivity contribution in [1.29, 1.82) is 0 Å². The van der Waals surface area contributed by atoms with E-state index in [1.54, 1.807) is 0 Å². The number of rotatable bonds is 6. The predicted octanol–water partition coefficient (Wildman–Crippen LogP) is 2.04. The van der Waals surface area contributed by atoms with Crippen molar-refractivity contribution >= 4 is 5.91 Å². The van der Waals surface area contributed by atoms with Gasteiger partial charge in [-0.2, -0.15) is 0 Å². The Morgan fingerprint density at radius 2 is 1.96 bits per heavy atom. The van der Waals surface area contributed by atoms with Crippen molar-refractivity contribution in [2.75, 3.05) is 33.0 Å². The number of hydrogen-bond acceptors (Lipinski definition) is 4. The molecule has 1 amide bonds. The molecule has 0 radical (unpaired) electrons. The van der Waals surface area contributed by atoms with Crippen LogP contribution in [0.4, 0.5) is 0 Å².